The third kappa shape index (κ3) is 2.97. The van der Waals surface area contributed by atoms with Crippen LogP contribution in [0.2, 0.25) is 0 Å². The third-order valence-corrected chi connectivity index (χ3v) is 3.44. The largest absolute Gasteiger partial charge is 0.379 e. The predicted molar refractivity (Wildman–Crippen MR) is 78.1 cm³/mol. The van der Waals surface area contributed by atoms with Crippen LogP contribution in [0, 0.1) is 0 Å². The molecule has 0 amide bonds. The molecule has 0 unspecified atom stereocenters. The van der Waals surface area contributed by atoms with Gasteiger partial charge in [0.15, 0.2) is 0 Å². The molecule has 0 atom stereocenters. The van der Waals surface area contributed by atoms with Crippen LogP contribution in [0.1, 0.15) is 0 Å². The topological polar surface area (TPSA) is 70.2 Å². The summed E-state index contributed by atoms with van der Waals surface area (Å²) in [4.78, 5) is 21.4. The number of fused-ring (bicyclic) bond motifs is 1. The van der Waals surface area contributed by atoms with Crippen molar-refractivity contribution in [3.8, 4) is 0 Å². The molecule has 1 aromatic heterocycles. The summed E-state index contributed by atoms with van der Waals surface area (Å²) >= 11 is 0. The Morgan fingerprint density at radius 2 is 2.10 bits per heavy atom. The Bertz CT molecular complexity index is 634. The van der Waals surface area contributed by atoms with Crippen molar-refractivity contribution in [3.05, 3.63) is 34.6 Å². The number of H-pyrrole nitrogens is 1. The van der Waals surface area contributed by atoms with Crippen LogP contribution in [0.4, 0.5) is 5.95 Å². The van der Waals surface area contributed by atoms with Crippen LogP contribution in [-0.4, -0.2) is 54.3 Å². The van der Waals surface area contributed by atoms with Crippen molar-refractivity contribution in [3.63, 3.8) is 0 Å². The first-order chi connectivity index (χ1) is 9.83. The van der Waals surface area contributed by atoms with Crippen LogP contribution in [0.3, 0.4) is 0 Å². The number of hydrogen-bond donors (Lipinski definition) is 2. The standard InChI is InChI=1S/C14H18N4O2/c19-13-11-3-1-2-4-12(11)16-14(17-13)15-5-6-18-7-9-20-10-8-18/h1-4H,5-10H2,(H2,15,16,17,19). The summed E-state index contributed by atoms with van der Waals surface area (Å²) in [6, 6.07) is 7.34. The van der Waals surface area contributed by atoms with Gasteiger partial charge in [0.25, 0.3) is 5.56 Å². The summed E-state index contributed by atoms with van der Waals surface area (Å²) in [5.74, 6) is 0.530. The van der Waals surface area contributed by atoms with E-state index in [-0.39, 0.29) is 5.56 Å². The second-order valence-electron chi connectivity index (χ2n) is 4.81. The molecule has 1 aliphatic heterocycles. The lowest BCUT2D eigenvalue weighted by atomic mass is 10.2. The highest BCUT2D eigenvalue weighted by molar-refractivity contribution is 5.78. The summed E-state index contributed by atoms with van der Waals surface area (Å²) < 4.78 is 5.31. The van der Waals surface area contributed by atoms with Gasteiger partial charge in [0.05, 0.1) is 24.1 Å². The van der Waals surface area contributed by atoms with Gasteiger partial charge >= 0.3 is 0 Å². The van der Waals surface area contributed by atoms with Crippen LogP contribution < -0.4 is 10.9 Å². The summed E-state index contributed by atoms with van der Waals surface area (Å²) in [5, 5.41) is 3.79. The molecule has 106 valence electrons. The number of rotatable bonds is 4. The number of hydrogen-bond acceptors (Lipinski definition) is 5. The average Bonchev–Trinajstić information content (AvgIpc) is 2.48. The van der Waals surface area contributed by atoms with E-state index in [9.17, 15) is 4.79 Å². The van der Waals surface area contributed by atoms with Crippen molar-refractivity contribution in [1.82, 2.24) is 14.9 Å². The smallest absolute Gasteiger partial charge is 0.260 e. The van der Waals surface area contributed by atoms with Crippen molar-refractivity contribution >= 4 is 16.9 Å². The van der Waals surface area contributed by atoms with Gasteiger partial charge in [-0.15, -0.1) is 0 Å². The van der Waals surface area contributed by atoms with Gasteiger partial charge in [-0.1, -0.05) is 12.1 Å². The van der Waals surface area contributed by atoms with Crippen LogP contribution in [0.5, 0.6) is 0 Å². The van der Waals surface area contributed by atoms with E-state index in [0.717, 1.165) is 39.4 Å². The molecule has 3 rings (SSSR count). The summed E-state index contributed by atoms with van der Waals surface area (Å²) in [6.45, 7) is 5.18. The number of morpholine rings is 1. The van der Waals surface area contributed by atoms with Crippen LogP contribution >= 0.6 is 0 Å². The second-order valence-corrected chi connectivity index (χ2v) is 4.81. The van der Waals surface area contributed by atoms with Gasteiger partial charge in [0.1, 0.15) is 0 Å². The molecule has 20 heavy (non-hydrogen) atoms. The first-order valence-corrected chi connectivity index (χ1v) is 6.86. The van der Waals surface area contributed by atoms with Gasteiger partial charge in [-0.05, 0) is 12.1 Å². The van der Waals surface area contributed by atoms with Gasteiger partial charge < -0.3 is 10.1 Å². The van der Waals surface area contributed by atoms with E-state index in [1.54, 1.807) is 6.07 Å². The zero-order valence-corrected chi connectivity index (χ0v) is 11.3. The van der Waals surface area contributed by atoms with Crippen molar-refractivity contribution in [1.29, 1.82) is 0 Å². The fourth-order valence-electron chi connectivity index (χ4n) is 2.33. The van der Waals surface area contributed by atoms with Gasteiger partial charge in [-0.3, -0.25) is 14.7 Å². The fraction of sp³-hybridized carbons (Fsp3) is 0.429. The normalized spacial score (nSPS) is 16.4. The molecule has 0 spiro atoms. The number of nitrogens with zero attached hydrogens (tertiary/aromatic N) is 2. The average molecular weight is 274 g/mol. The number of ether oxygens (including phenoxy) is 1. The molecule has 0 aliphatic carbocycles. The SMILES string of the molecule is O=c1[nH]c(NCCN2CCOCC2)nc2ccccc12. The molecule has 6 heteroatoms. The maximum Gasteiger partial charge on any atom is 0.260 e. The van der Waals surface area contributed by atoms with Crippen molar-refractivity contribution in [2.45, 2.75) is 0 Å². The Morgan fingerprint density at radius 3 is 2.95 bits per heavy atom. The summed E-state index contributed by atoms with van der Waals surface area (Å²) in [7, 11) is 0. The van der Waals surface area contributed by atoms with Gasteiger partial charge in [-0.25, -0.2) is 4.98 Å². The zero-order valence-electron chi connectivity index (χ0n) is 11.3. The Kier molecular flexibility index (Phi) is 3.94. The van der Waals surface area contributed by atoms with E-state index in [1.807, 2.05) is 18.2 Å². The fourth-order valence-corrected chi connectivity index (χ4v) is 2.33. The highest BCUT2D eigenvalue weighted by Crippen LogP contribution is 2.07. The number of aromatic nitrogens is 2. The molecule has 1 saturated heterocycles. The highest BCUT2D eigenvalue weighted by Gasteiger charge is 2.09. The molecular formula is C14H18N4O2. The monoisotopic (exact) mass is 274 g/mol. The van der Waals surface area contributed by atoms with E-state index >= 15 is 0 Å². The second kappa shape index (κ2) is 6.02. The maximum absolute atomic E-state index is 11.9. The molecule has 2 N–H and O–H groups in total. The molecule has 2 aromatic rings. The minimum atomic E-state index is -0.107. The number of anilines is 1. The number of benzene rings is 1. The lowest BCUT2D eigenvalue weighted by Gasteiger charge is -2.26. The van der Waals surface area contributed by atoms with Gasteiger partial charge in [-0.2, -0.15) is 0 Å². The van der Waals surface area contributed by atoms with E-state index in [1.165, 1.54) is 0 Å². The maximum atomic E-state index is 11.9. The zero-order chi connectivity index (χ0) is 13.8. The molecule has 0 bridgehead atoms. The Labute approximate surface area is 116 Å². The minimum Gasteiger partial charge on any atom is -0.379 e. The lowest BCUT2D eigenvalue weighted by Crippen LogP contribution is -2.39. The molecule has 2 heterocycles. The summed E-state index contributed by atoms with van der Waals surface area (Å²) in [5.41, 5.74) is 0.606. The van der Waals surface area contributed by atoms with Crippen molar-refractivity contribution in [2.75, 3.05) is 44.7 Å². The number of para-hydroxylation sites is 1. The van der Waals surface area contributed by atoms with Gasteiger partial charge in [0, 0.05) is 26.2 Å². The van der Waals surface area contributed by atoms with Crippen LogP contribution in [0.25, 0.3) is 10.9 Å². The number of aromatic amines is 1. The molecule has 1 aromatic carbocycles. The van der Waals surface area contributed by atoms with Crippen molar-refractivity contribution < 1.29 is 4.74 Å². The molecular weight excluding hydrogens is 256 g/mol. The Morgan fingerprint density at radius 1 is 1.30 bits per heavy atom. The molecule has 0 radical (unpaired) electrons. The van der Waals surface area contributed by atoms with E-state index in [4.69, 9.17) is 4.74 Å². The highest BCUT2D eigenvalue weighted by atomic mass is 16.5. The lowest BCUT2D eigenvalue weighted by molar-refractivity contribution is 0.0398. The number of nitrogens with one attached hydrogen (secondary N) is 2. The molecule has 1 aliphatic rings. The summed E-state index contributed by atoms with van der Waals surface area (Å²) in [6.07, 6.45) is 0. The van der Waals surface area contributed by atoms with Crippen LogP contribution in [-0.2, 0) is 4.74 Å². The van der Waals surface area contributed by atoms with E-state index < -0.39 is 0 Å². The Hall–Kier alpha value is -1.92. The third-order valence-electron chi connectivity index (χ3n) is 3.44. The Balaban J connectivity index is 1.64. The first kappa shape index (κ1) is 13.1. The van der Waals surface area contributed by atoms with E-state index in [2.05, 4.69) is 20.2 Å². The molecule has 6 nitrogen and oxygen atoms in total. The first-order valence-electron chi connectivity index (χ1n) is 6.86. The molecule has 1 fully saturated rings. The molecule has 0 saturated carbocycles. The predicted octanol–water partition coefficient (Wildman–Crippen LogP) is 0.667. The minimum absolute atomic E-state index is 0.107. The quantitative estimate of drug-likeness (QED) is 0.857. The van der Waals surface area contributed by atoms with E-state index in [0.29, 0.717) is 16.9 Å². The van der Waals surface area contributed by atoms with Gasteiger partial charge in [0.2, 0.25) is 5.95 Å². The van der Waals surface area contributed by atoms with Crippen molar-refractivity contribution in [2.24, 2.45) is 0 Å². The van der Waals surface area contributed by atoms with Crippen LogP contribution in [0.15, 0.2) is 29.1 Å².